The minimum atomic E-state index is -0.362. The second kappa shape index (κ2) is 3.98. The fraction of sp³-hybridized carbons (Fsp3) is 0.556. The van der Waals surface area contributed by atoms with E-state index in [4.69, 9.17) is 0 Å². The molecule has 22 heavy (non-hydrogen) atoms. The van der Waals surface area contributed by atoms with Crippen molar-refractivity contribution >= 4 is 17.5 Å². The molecular weight excluding hydrogens is 281 g/mol. The van der Waals surface area contributed by atoms with Crippen LogP contribution in [-0.4, -0.2) is 11.8 Å². The van der Waals surface area contributed by atoms with Crippen LogP contribution in [0.2, 0.25) is 0 Å². The van der Waals surface area contributed by atoms with E-state index >= 15 is 0 Å². The van der Waals surface area contributed by atoms with E-state index in [0.717, 1.165) is 12.8 Å². The summed E-state index contributed by atoms with van der Waals surface area (Å²) in [5.74, 6) is 1.31. The number of rotatable bonds is 1. The molecule has 5 aliphatic rings. The molecule has 2 bridgehead atoms. The Labute approximate surface area is 128 Å². The smallest absolute Gasteiger partial charge is 0.237 e. The first-order valence-corrected chi connectivity index (χ1v) is 8.22. The molecule has 2 amide bonds. The molecule has 4 saturated carbocycles. The van der Waals surface area contributed by atoms with Crippen LogP contribution < -0.4 is 4.90 Å². The van der Waals surface area contributed by atoms with Crippen LogP contribution >= 0.6 is 0 Å². The van der Waals surface area contributed by atoms with Gasteiger partial charge in [-0.1, -0.05) is 6.07 Å². The molecule has 0 spiro atoms. The second-order valence-corrected chi connectivity index (χ2v) is 7.47. The monoisotopic (exact) mass is 299 g/mol. The highest BCUT2D eigenvalue weighted by Crippen LogP contribution is 2.68. The number of anilines is 1. The van der Waals surface area contributed by atoms with Crippen LogP contribution in [0.15, 0.2) is 18.2 Å². The molecule has 0 radical (unpaired) electrons. The molecule has 4 aliphatic carbocycles. The largest absolute Gasteiger partial charge is 0.274 e. The number of hydrogen-bond donors (Lipinski definition) is 0. The Morgan fingerprint density at radius 2 is 1.59 bits per heavy atom. The first-order valence-electron chi connectivity index (χ1n) is 8.22. The maximum atomic E-state index is 13.8. The van der Waals surface area contributed by atoms with Crippen molar-refractivity contribution in [3.05, 3.63) is 29.6 Å². The quantitative estimate of drug-likeness (QED) is 0.748. The average Bonchev–Trinajstić information content (AvgIpc) is 3.28. The Morgan fingerprint density at radius 1 is 1.00 bits per heavy atom. The molecule has 1 heterocycles. The highest BCUT2D eigenvalue weighted by molar-refractivity contribution is 6.22. The lowest BCUT2D eigenvalue weighted by molar-refractivity contribution is -0.129. The molecule has 1 aromatic rings. The minimum Gasteiger partial charge on any atom is -0.274 e. The molecule has 114 valence electrons. The first-order chi connectivity index (χ1) is 10.6. The van der Waals surface area contributed by atoms with Crippen molar-refractivity contribution in [1.29, 1.82) is 0 Å². The van der Waals surface area contributed by atoms with Crippen LogP contribution in [0.25, 0.3) is 0 Å². The standard InChI is InChI=1S/C18H18FNO2/c1-8-2-3-9(6-14(8)19)20-17(21)15-10-4-5-11(13-7-12(10)13)16(15)18(20)22/h2-3,6,10-13,15-16H,4-5,7H2,1H3/t10-,11+,12+,13-,15-,16+. The Hall–Kier alpha value is -1.71. The normalized spacial score (nSPS) is 41.6. The fourth-order valence-corrected chi connectivity index (χ4v) is 5.51. The number of carbonyl (C=O) groups is 2. The van der Waals surface area contributed by atoms with E-state index in [2.05, 4.69) is 0 Å². The molecule has 3 nitrogen and oxygen atoms in total. The van der Waals surface area contributed by atoms with Gasteiger partial charge in [0.1, 0.15) is 5.82 Å². The lowest BCUT2D eigenvalue weighted by Gasteiger charge is -2.42. The van der Waals surface area contributed by atoms with Gasteiger partial charge in [-0.25, -0.2) is 9.29 Å². The number of imide groups is 1. The lowest BCUT2D eigenvalue weighted by atomic mass is 9.59. The summed E-state index contributed by atoms with van der Waals surface area (Å²) in [5.41, 5.74) is 0.933. The maximum Gasteiger partial charge on any atom is 0.237 e. The third kappa shape index (κ3) is 1.41. The Morgan fingerprint density at radius 3 is 2.14 bits per heavy atom. The predicted octanol–water partition coefficient (Wildman–Crippen LogP) is 2.92. The summed E-state index contributed by atoms with van der Waals surface area (Å²) in [6.45, 7) is 1.68. The molecule has 6 atom stereocenters. The van der Waals surface area contributed by atoms with Crippen LogP contribution in [-0.2, 0) is 9.59 Å². The second-order valence-electron chi connectivity index (χ2n) is 7.47. The minimum absolute atomic E-state index is 0.0849. The highest BCUT2D eigenvalue weighted by atomic mass is 19.1. The van der Waals surface area contributed by atoms with Crippen molar-refractivity contribution in [2.75, 3.05) is 4.90 Å². The van der Waals surface area contributed by atoms with E-state index in [0.29, 0.717) is 34.9 Å². The summed E-state index contributed by atoms with van der Waals surface area (Å²) in [6, 6.07) is 4.65. The van der Waals surface area contributed by atoms with Gasteiger partial charge in [0.15, 0.2) is 0 Å². The van der Waals surface area contributed by atoms with Crippen LogP contribution in [0.5, 0.6) is 0 Å². The zero-order valence-electron chi connectivity index (χ0n) is 12.5. The van der Waals surface area contributed by atoms with Gasteiger partial charge in [0.05, 0.1) is 17.5 Å². The van der Waals surface area contributed by atoms with E-state index in [1.807, 2.05) is 0 Å². The molecule has 0 unspecified atom stereocenters. The average molecular weight is 299 g/mol. The molecule has 6 rings (SSSR count). The first kappa shape index (κ1) is 12.8. The molecule has 1 saturated heterocycles. The molecular formula is C18H18FNO2. The van der Waals surface area contributed by atoms with Crippen LogP contribution in [0.3, 0.4) is 0 Å². The van der Waals surface area contributed by atoms with Crippen molar-refractivity contribution in [3.8, 4) is 0 Å². The molecule has 1 aromatic carbocycles. The van der Waals surface area contributed by atoms with Gasteiger partial charge in [0.25, 0.3) is 0 Å². The fourth-order valence-electron chi connectivity index (χ4n) is 5.51. The number of fused-ring (bicyclic) bond motifs is 1. The summed E-state index contributed by atoms with van der Waals surface area (Å²) < 4.78 is 13.8. The molecule has 0 N–H and O–H groups in total. The molecule has 0 aromatic heterocycles. The molecule has 1 aliphatic heterocycles. The number of halogens is 1. The number of aryl methyl sites for hydroxylation is 1. The number of carbonyl (C=O) groups excluding carboxylic acids is 2. The topological polar surface area (TPSA) is 37.4 Å². The van der Waals surface area contributed by atoms with E-state index in [-0.39, 0.29) is 29.5 Å². The van der Waals surface area contributed by atoms with Gasteiger partial charge in [-0.05, 0) is 67.6 Å². The zero-order valence-corrected chi connectivity index (χ0v) is 12.5. The van der Waals surface area contributed by atoms with Gasteiger partial charge in [-0.2, -0.15) is 0 Å². The number of nitrogens with zero attached hydrogens (tertiary/aromatic N) is 1. The van der Waals surface area contributed by atoms with E-state index in [9.17, 15) is 14.0 Å². The maximum absolute atomic E-state index is 13.8. The summed E-state index contributed by atoms with van der Waals surface area (Å²) in [7, 11) is 0. The van der Waals surface area contributed by atoms with Crippen LogP contribution in [0, 0.1) is 48.2 Å². The van der Waals surface area contributed by atoms with E-state index in [1.54, 1.807) is 19.1 Å². The van der Waals surface area contributed by atoms with Crippen molar-refractivity contribution in [2.45, 2.75) is 26.2 Å². The van der Waals surface area contributed by atoms with E-state index in [1.165, 1.54) is 17.4 Å². The van der Waals surface area contributed by atoms with Crippen molar-refractivity contribution in [3.63, 3.8) is 0 Å². The number of benzene rings is 1. The summed E-state index contributed by atoms with van der Waals surface area (Å²) >= 11 is 0. The molecule has 4 heteroatoms. The van der Waals surface area contributed by atoms with Gasteiger partial charge < -0.3 is 0 Å². The van der Waals surface area contributed by atoms with E-state index < -0.39 is 0 Å². The van der Waals surface area contributed by atoms with Gasteiger partial charge >= 0.3 is 0 Å². The van der Waals surface area contributed by atoms with Crippen molar-refractivity contribution < 1.29 is 14.0 Å². The van der Waals surface area contributed by atoms with Crippen LogP contribution in [0.1, 0.15) is 24.8 Å². The third-order valence-electron chi connectivity index (χ3n) is 6.56. The Kier molecular flexibility index (Phi) is 2.31. The zero-order chi connectivity index (χ0) is 15.2. The van der Waals surface area contributed by atoms with Crippen molar-refractivity contribution in [2.24, 2.45) is 35.5 Å². The molecule has 5 fully saturated rings. The summed E-state index contributed by atoms with van der Waals surface area (Å²) in [4.78, 5) is 27.0. The third-order valence-corrected chi connectivity index (χ3v) is 6.56. The number of hydrogen-bond acceptors (Lipinski definition) is 2. The summed E-state index contributed by atoms with van der Waals surface area (Å²) in [6.07, 6.45) is 3.38. The van der Waals surface area contributed by atoms with Gasteiger partial charge in [-0.15, -0.1) is 0 Å². The number of amides is 2. The van der Waals surface area contributed by atoms with Gasteiger partial charge in [-0.3, -0.25) is 9.59 Å². The highest BCUT2D eigenvalue weighted by Gasteiger charge is 2.68. The Balaban J connectivity index is 1.57. The van der Waals surface area contributed by atoms with Crippen LogP contribution in [0.4, 0.5) is 10.1 Å². The lowest BCUT2D eigenvalue weighted by Crippen LogP contribution is -2.43. The van der Waals surface area contributed by atoms with Gasteiger partial charge in [0, 0.05) is 0 Å². The summed E-state index contributed by atoms with van der Waals surface area (Å²) in [5, 5.41) is 0. The van der Waals surface area contributed by atoms with Crippen molar-refractivity contribution in [1.82, 2.24) is 0 Å². The van der Waals surface area contributed by atoms with Gasteiger partial charge in [0.2, 0.25) is 11.8 Å². The Bertz CT molecular complexity index is 681. The predicted molar refractivity (Wildman–Crippen MR) is 78.4 cm³/mol. The SMILES string of the molecule is Cc1ccc(N2C(=O)[C@@H]3[C@@H]4CC[C@@H]([C@H]5C[C@H]54)[C@@H]3C2=O)cc1F.